The lowest BCUT2D eigenvalue weighted by molar-refractivity contribution is -0.138. The molecule has 6 heteroatoms. The summed E-state index contributed by atoms with van der Waals surface area (Å²) in [5.41, 5.74) is 0. The molecular formula is C10H17NO4S. The Morgan fingerprint density at radius 2 is 2.06 bits per heavy atom. The number of carbonyl (C=O) groups is 1. The monoisotopic (exact) mass is 247 g/mol. The summed E-state index contributed by atoms with van der Waals surface area (Å²) in [6, 6.07) is -0.322. The minimum absolute atomic E-state index is 0.00597. The lowest BCUT2D eigenvalue weighted by atomic mass is 10.2. The standard InChI is InChI=1S/C10H17NO4S/c12-10(13)5-9-7-16(14,15)4-3-11(9)6-8-1-2-8/h8-9H,1-7H2,(H,12,13). The number of carboxylic acid groups (broad SMARTS) is 1. The molecule has 1 aliphatic carbocycles. The van der Waals surface area contributed by atoms with Crippen molar-refractivity contribution >= 4 is 15.8 Å². The van der Waals surface area contributed by atoms with Gasteiger partial charge in [-0.05, 0) is 18.8 Å². The molecule has 0 aromatic rings. The molecule has 1 saturated heterocycles. The van der Waals surface area contributed by atoms with Gasteiger partial charge in [-0.25, -0.2) is 8.42 Å². The van der Waals surface area contributed by atoms with E-state index in [1.54, 1.807) is 0 Å². The Morgan fingerprint density at radius 3 is 2.62 bits per heavy atom. The maximum Gasteiger partial charge on any atom is 0.304 e. The van der Waals surface area contributed by atoms with E-state index in [2.05, 4.69) is 0 Å². The first kappa shape index (κ1) is 11.9. The predicted octanol–water partition coefficient (Wildman–Crippen LogP) is -0.0299. The third-order valence-electron chi connectivity index (χ3n) is 3.25. The average molecular weight is 247 g/mol. The summed E-state index contributed by atoms with van der Waals surface area (Å²) in [5.74, 6) is -0.0676. The summed E-state index contributed by atoms with van der Waals surface area (Å²) in [6.45, 7) is 1.37. The van der Waals surface area contributed by atoms with Crippen LogP contribution in [0.3, 0.4) is 0 Å². The zero-order valence-electron chi connectivity index (χ0n) is 9.13. The third kappa shape index (κ3) is 3.18. The molecule has 0 radical (unpaired) electrons. The minimum atomic E-state index is -3.03. The highest BCUT2D eigenvalue weighted by Crippen LogP contribution is 2.31. The number of aliphatic carboxylic acids is 1. The van der Waals surface area contributed by atoms with Gasteiger partial charge >= 0.3 is 5.97 Å². The molecule has 16 heavy (non-hydrogen) atoms. The maximum absolute atomic E-state index is 11.5. The molecule has 2 aliphatic rings. The Morgan fingerprint density at radius 1 is 1.38 bits per heavy atom. The number of rotatable bonds is 4. The lowest BCUT2D eigenvalue weighted by Crippen LogP contribution is -2.49. The Balaban J connectivity index is 2.00. The van der Waals surface area contributed by atoms with Crippen molar-refractivity contribution in [1.29, 1.82) is 0 Å². The van der Waals surface area contributed by atoms with E-state index >= 15 is 0 Å². The normalized spacial score (nSPS) is 30.1. The zero-order chi connectivity index (χ0) is 11.8. The Kier molecular flexibility index (Phi) is 3.21. The zero-order valence-corrected chi connectivity index (χ0v) is 9.95. The molecule has 2 rings (SSSR count). The molecule has 1 heterocycles. The van der Waals surface area contributed by atoms with Crippen molar-refractivity contribution in [2.24, 2.45) is 5.92 Å². The smallest absolute Gasteiger partial charge is 0.304 e. The molecule has 0 aromatic heterocycles. The number of hydrogen-bond donors (Lipinski definition) is 1. The van der Waals surface area contributed by atoms with E-state index < -0.39 is 15.8 Å². The van der Waals surface area contributed by atoms with Crippen molar-refractivity contribution in [1.82, 2.24) is 4.90 Å². The van der Waals surface area contributed by atoms with Gasteiger partial charge in [0.25, 0.3) is 0 Å². The van der Waals surface area contributed by atoms with Gasteiger partial charge in [0.05, 0.1) is 17.9 Å². The molecule has 1 atom stereocenters. The van der Waals surface area contributed by atoms with Gasteiger partial charge in [0, 0.05) is 19.1 Å². The molecule has 1 unspecified atom stereocenters. The van der Waals surface area contributed by atoms with Crippen LogP contribution < -0.4 is 0 Å². The molecular weight excluding hydrogens is 230 g/mol. The van der Waals surface area contributed by atoms with Gasteiger partial charge in [-0.1, -0.05) is 0 Å². The van der Waals surface area contributed by atoms with E-state index in [4.69, 9.17) is 5.11 Å². The summed E-state index contributed by atoms with van der Waals surface area (Å²) in [5, 5.41) is 8.78. The summed E-state index contributed by atoms with van der Waals surface area (Å²) in [6.07, 6.45) is 2.33. The second kappa shape index (κ2) is 4.33. The van der Waals surface area contributed by atoms with Crippen LogP contribution in [0.25, 0.3) is 0 Å². The Bertz CT molecular complexity index is 374. The van der Waals surface area contributed by atoms with E-state index in [1.807, 2.05) is 4.90 Å². The first-order chi connectivity index (χ1) is 7.46. The van der Waals surface area contributed by atoms with Crippen LogP contribution in [0.1, 0.15) is 19.3 Å². The molecule has 2 fully saturated rings. The lowest BCUT2D eigenvalue weighted by Gasteiger charge is -2.34. The van der Waals surface area contributed by atoms with Crippen molar-refractivity contribution < 1.29 is 18.3 Å². The second-order valence-corrected chi connectivity index (χ2v) is 7.03. The third-order valence-corrected chi connectivity index (χ3v) is 4.95. The first-order valence-corrected chi connectivity index (χ1v) is 7.45. The maximum atomic E-state index is 11.5. The molecule has 0 bridgehead atoms. The van der Waals surface area contributed by atoms with Crippen molar-refractivity contribution in [3.8, 4) is 0 Å². The van der Waals surface area contributed by atoms with Crippen molar-refractivity contribution in [2.45, 2.75) is 25.3 Å². The summed E-state index contributed by atoms with van der Waals surface area (Å²) in [7, 11) is -3.03. The van der Waals surface area contributed by atoms with Gasteiger partial charge in [0.1, 0.15) is 0 Å². The largest absolute Gasteiger partial charge is 0.481 e. The first-order valence-electron chi connectivity index (χ1n) is 5.62. The highest BCUT2D eigenvalue weighted by atomic mass is 32.2. The van der Waals surface area contributed by atoms with Gasteiger partial charge in [0.15, 0.2) is 9.84 Å². The SMILES string of the molecule is O=C(O)CC1CS(=O)(=O)CCN1CC1CC1. The van der Waals surface area contributed by atoms with Gasteiger partial charge in [-0.2, -0.15) is 0 Å². The molecule has 1 saturated carbocycles. The fraction of sp³-hybridized carbons (Fsp3) is 0.900. The van der Waals surface area contributed by atoms with Crippen LogP contribution in [0, 0.1) is 5.92 Å². The van der Waals surface area contributed by atoms with Crippen molar-refractivity contribution in [3.63, 3.8) is 0 Å². The number of hydrogen-bond acceptors (Lipinski definition) is 4. The molecule has 92 valence electrons. The van der Waals surface area contributed by atoms with Crippen LogP contribution in [0.15, 0.2) is 0 Å². The van der Waals surface area contributed by atoms with Gasteiger partial charge in [-0.15, -0.1) is 0 Å². The summed E-state index contributed by atoms with van der Waals surface area (Å²) in [4.78, 5) is 12.8. The summed E-state index contributed by atoms with van der Waals surface area (Å²) < 4.78 is 22.9. The van der Waals surface area contributed by atoms with Crippen LogP contribution >= 0.6 is 0 Å². The van der Waals surface area contributed by atoms with E-state index in [-0.39, 0.29) is 24.0 Å². The Labute approximate surface area is 95.4 Å². The summed E-state index contributed by atoms with van der Waals surface area (Å²) >= 11 is 0. The highest BCUT2D eigenvalue weighted by Gasteiger charge is 2.35. The van der Waals surface area contributed by atoms with E-state index in [0.717, 1.165) is 6.54 Å². The number of nitrogens with zero attached hydrogens (tertiary/aromatic N) is 1. The molecule has 5 nitrogen and oxygen atoms in total. The van der Waals surface area contributed by atoms with Crippen LogP contribution in [0.4, 0.5) is 0 Å². The minimum Gasteiger partial charge on any atom is -0.481 e. The van der Waals surface area contributed by atoms with Gasteiger partial charge in [0.2, 0.25) is 0 Å². The van der Waals surface area contributed by atoms with E-state index in [0.29, 0.717) is 12.5 Å². The quantitative estimate of drug-likeness (QED) is 0.755. The van der Waals surface area contributed by atoms with Crippen molar-refractivity contribution in [2.75, 3.05) is 24.6 Å². The van der Waals surface area contributed by atoms with Crippen LogP contribution in [-0.4, -0.2) is 55.0 Å². The van der Waals surface area contributed by atoms with E-state index in [1.165, 1.54) is 12.8 Å². The Hall–Kier alpha value is -0.620. The van der Waals surface area contributed by atoms with Crippen LogP contribution in [0.5, 0.6) is 0 Å². The van der Waals surface area contributed by atoms with Gasteiger partial charge in [-0.3, -0.25) is 9.69 Å². The topological polar surface area (TPSA) is 74.7 Å². The number of carboxylic acids is 1. The highest BCUT2D eigenvalue weighted by molar-refractivity contribution is 7.91. The molecule has 1 aliphatic heterocycles. The molecule has 0 aromatic carbocycles. The van der Waals surface area contributed by atoms with E-state index in [9.17, 15) is 13.2 Å². The fourth-order valence-corrected chi connectivity index (χ4v) is 3.78. The molecule has 0 amide bonds. The fourth-order valence-electron chi connectivity index (χ4n) is 2.18. The predicted molar refractivity (Wildman–Crippen MR) is 59.0 cm³/mol. The van der Waals surface area contributed by atoms with Crippen LogP contribution in [0.2, 0.25) is 0 Å². The average Bonchev–Trinajstić information content (AvgIpc) is 2.92. The van der Waals surface area contributed by atoms with Crippen LogP contribution in [-0.2, 0) is 14.6 Å². The molecule has 0 spiro atoms. The number of sulfone groups is 1. The molecule has 1 N–H and O–H groups in total. The second-order valence-electron chi connectivity index (χ2n) is 4.80. The van der Waals surface area contributed by atoms with Gasteiger partial charge < -0.3 is 5.11 Å². The van der Waals surface area contributed by atoms with Crippen molar-refractivity contribution in [3.05, 3.63) is 0 Å².